The fourth-order valence-corrected chi connectivity index (χ4v) is 7.02. The van der Waals surface area contributed by atoms with Gasteiger partial charge in [0.2, 0.25) is 0 Å². The quantitative estimate of drug-likeness (QED) is 0.146. The fourth-order valence-electron chi connectivity index (χ4n) is 7.02. The van der Waals surface area contributed by atoms with Gasteiger partial charge in [-0.15, -0.1) is 0 Å². The molecule has 0 bridgehead atoms. The summed E-state index contributed by atoms with van der Waals surface area (Å²) in [6, 6.07) is 16.4. The van der Waals surface area contributed by atoms with Crippen molar-refractivity contribution in [2.24, 2.45) is 11.3 Å². The number of nitrogens with one attached hydrogen (secondary N) is 1. The van der Waals surface area contributed by atoms with Gasteiger partial charge in [-0.2, -0.15) is 0 Å². The van der Waals surface area contributed by atoms with Gasteiger partial charge in [0.25, 0.3) is 5.91 Å². The molecule has 0 radical (unpaired) electrons. The lowest BCUT2D eigenvalue weighted by Crippen LogP contribution is -2.78. The summed E-state index contributed by atoms with van der Waals surface area (Å²) in [5, 5.41) is 14.3. The number of carboxylic acids is 1. The largest absolute Gasteiger partial charge is 0.481 e. The van der Waals surface area contributed by atoms with E-state index < -0.39 is 5.97 Å². The highest BCUT2D eigenvalue weighted by Crippen LogP contribution is 2.57. The summed E-state index contributed by atoms with van der Waals surface area (Å²) < 4.78 is 0. The predicted molar refractivity (Wildman–Crippen MR) is 179 cm³/mol. The third-order valence-electron chi connectivity index (χ3n) is 9.72. The van der Waals surface area contributed by atoms with Gasteiger partial charge in [0, 0.05) is 47.8 Å². The van der Waals surface area contributed by atoms with Crippen LogP contribution in [0.1, 0.15) is 74.4 Å². The highest BCUT2D eigenvalue weighted by atomic mass is 16.4. The minimum absolute atomic E-state index is 0.0695. The number of benzene rings is 2. The molecule has 45 heavy (non-hydrogen) atoms. The summed E-state index contributed by atoms with van der Waals surface area (Å²) in [4.78, 5) is 37.3. The summed E-state index contributed by atoms with van der Waals surface area (Å²) in [5.74, 6) is -0.549. The van der Waals surface area contributed by atoms with Crippen molar-refractivity contribution in [1.82, 2.24) is 10.2 Å². The maximum absolute atomic E-state index is 12.3. The van der Waals surface area contributed by atoms with E-state index in [2.05, 4.69) is 105 Å². The van der Waals surface area contributed by atoms with E-state index in [1.807, 2.05) is 29.6 Å². The van der Waals surface area contributed by atoms with E-state index >= 15 is 0 Å². The van der Waals surface area contributed by atoms with Crippen LogP contribution >= 0.6 is 0 Å². The number of carbonyl (C=O) groups excluding carboxylic acids is 2. The molecule has 2 aliphatic rings. The number of carboxylic acid groups (broad SMARTS) is 1. The van der Waals surface area contributed by atoms with Gasteiger partial charge in [-0.05, 0) is 35.5 Å². The van der Waals surface area contributed by atoms with Gasteiger partial charge in [-0.1, -0.05) is 101 Å². The third-order valence-corrected chi connectivity index (χ3v) is 9.72. The average Bonchev–Trinajstić information content (AvgIpc) is 3.29. The third kappa shape index (κ3) is 7.36. The molecule has 1 aliphatic carbocycles. The zero-order chi connectivity index (χ0) is 32.6. The highest BCUT2D eigenvalue weighted by Gasteiger charge is 2.54. The minimum Gasteiger partial charge on any atom is -0.481 e. The Balaban J connectivity index is 1.68. The molecule has 1 saturated heterocycles. The Morgan fingerprint density at radius 3 is 2.56 bits per heavy atom. The number of nitrogens with zero attached hydrogens (tertiary/aromatic N) is 1. The van der Waals surface area contributed by atoms with Crippen LogP contribution in [0.4, 0.5) is 5.69 Å². The first-order valence-electron chi connectivity index (χ1n) is 15.9. The Morgan fingerprint density at radius 2 is 1.87 bits per heavy atom. The van der Waals surface area contributed by atoms with E-state index in [9.17, 15) is 19.5 Å². The van der Waals surface area contributed by atoms with Gasteiger partial charge in [-0.25, -0.2) is 0 Å². The van der Waals surface area contributed by atoms with Crippen molar-refractivity contribution >= 4 is 23.9 Å². The summed E-state index contributed by atoms with van der Waals surface area (Å²) in [6.45, 7) is 10.0. The Labute approximate surface area is 267 Å². The molecule has 7 nitrogen and oxygen atoms in total. The van der Waals surface area contributed by atoms with Crippen LogP contribution in [0.3, 0.4) is 0 Å². The monoisotopic (exact) mass is 610 g/mol. The SMILES string of the molecule is CNC(=O)c1ccc(C(C)(C)C/C=C/C=C2/N(CCC(=O)O)C3C=CC=CC3C2(C)C(C)c2ccccc2)c([NH2+]CCC=O)c1. The van der Waals surface area contributed by atoms with Gasteiger partial charge >= 0.3 is 5.97 Å². The molecule has 1 aliphatic heterocycles. The van der Waals surface area contributed by atoms with Crippen molar-refractivity contribution in [2.75, 3.05) is 20.1 Å². The van der Waals surface area contributed by atoms with E-state index in [-0.39, 0.29) is 41.0 Å². The second kappa shape index (κ2) is 14.7. The number of allylic oxidation sites excluding steroid dienone is 6. The molecule has 1 amide bonds. The molecule has 0 spiro atoms. The van der Waals surface area contributed by atoms with Crippen molar-refractivity contribution in [3.63, 3.8) is 0 Å². The molecule has 4 atom stereocenters. The molecule has 238 valence electrons. The number of aliphatic carboxylic acids is 1. The van der Waals surface area contributed by atoms with Crippen molar-refractivity contribution in [1.29, 1.82) is 0 Å². The standard InChI is InChI=1S/C38H47N3O4/c1-27(28-14-7-6-8-15-28)38(4)31-16-9-10-17-33(31)41(24-21-35(43)44)34(38)18-11-12-22-37(2,3)30-20-19-29(36(45)39-5)26-32(30)40-23-13-25-42/h6-12,14-20,25-27,31,33,40H,13,21-24H2,1-5H3,(H,39,45)(H,43,44)/p+1/b12-11+,34-18+. The molecule has 0 aromatic heterocycles. The number of likely N-dealkylation sites (tertiary alicyclic amines) is 1. The van der Waals surface area contributed by atoms with Crippen LogP contribution in [0.25, 0.3) is 0 Å². The first-order valence-corrected chi connectivity index (χ1v) is 15.9. The number of quaternary nitrogens is 1. The molecule has 4 unspecified atom stereocenters. The molecule has 2 aromatic rings. The van der Waals surface area contributed by atoms with Crippen LogP contribution in [0.5, 0.6) is 0 Å². The van der Waals surface area contributed by atoms with Gasteiger partial charge in [0.05, 0.1) is 25.4 Å². The topological polar surface area (TPSA) is 103 Å². The number of fused-ring (bicyclic) bond motifs is 1. The molecule has 4 rings (SSSR count). The lowest BCUT2D eigenvalue weighted by Gasteiger charge is -2.38. The molecule has 4 N–H and O–H groups in total. The van der Waals surface area contributed by atoms with Crippen molar-refractivity contribution in [3.8, 4) is 0 Å². The number of amides is 1. The van der Waals surface area contributed by atoms with E-state index in [0.29, 0.717) is 25.1 Å². The van der Waals surface area contributed by atoms with E-state index in [1.54, 1.807) is 7.05 Å². The van der Waals surface area contributed by atoms with Crippen molar-refractivity contribution in [2.45, 2.75) is 64.3 Å². The fraction of sp³-hybridized carbons (Fsp3) is 0.395. The number of hydrogen-bond donors (Lipinski definition) is 3. The second-order valence-electron chi connectivity index (χ2n) is 12.9. The summed E-state index contributed by atoms with van der Waals surface area (Å²) in [5.41, 5.74) is 4.58. The molecule has 0 saturated carbocycles. The predicted octanol–water partition coefficient (Wildman–Crippen LogP) is 5.65. The zero-order valence-corrected chi connectivity index (χ0v) is 27.2. The number of aldehydes is 1. The number of nitrogens with two attached hydrogens (primary N) is 1. The van der Waals surface area contributed by atoms with Gasteiger partial charge < -0.3 is 25.4 Å². The Kier molecular flexibility index (Phi) is 11.0. The van der Waals surface area contributed by atoms with Gasteiger partial charge in [0.1, 0.15) is 12.0 Å². The minimum atomic E-state index is -0.800. The number of rotatable bonds is 14. The second-order valence-corrected chi connectivity index (χ2v) is 12.9. The van der Waals surface area contributed by atoms with Crippen LogP contribution < -0.4 is 10.6 Å². The van der Waals surface area contributed by atoms with Crippen LogP contribution in [-0.2, 0) is 15.0 Å². The average molecular weight is 611 g/mol. The van der Waals surface area contributed by atoms with Gasteiger partial charge in [-0.3, -0.25) is 9.59 Å². The number of hydrogen-bond acceptors (Lipinski definition) is 4. The molecule has 7 heteroatoms. The first kappa shape index (κ1) is 33.7. The summed E-state index contributed by atoms with van der Waals surface area (Å²) in [7, 11) is 1.62. The van der Waals surface area contributed by atoms with Crippen LogP contribution in [0.2, 0.25) is 0 Å². The molecule has 1 fully saturated rings. The Hall–Kier alpha value is -4.23. The Morgan fingerprint density at radius 1 is 1.13 bits per heavy atom. The normalized spacial score (nSPS) is 22.5. The summed E-state index contributed by atoms with van der Waals surface area (Å²) in [6.07, 6.45) is 17.4. The molecular formula is C38H48N3O4+. The van der Waals surface area contributed by atoms with E-state index in [1.165, 1.54) is 5.56 Å². The van der Waals surface area contributed by atoms with Crippen molar-refractivity contribution in [3.05, 3.63) is 113 Å². The Bertz CT molecular complexity index is 1490. The highest BCUT2D eigenvalue weighted by molar-refractivity contribution is 5.94. The first-order chi connectivity index (χ1) is 21.5. The maximum Gasteiger partial charge on any atom is 0.305 e. The van der Waals surface area contributed by atoms with Gasteiger partial charge in [0.15, 0.2) is 0 Å². The van der Waals surface area contributed by atoms with E-state index in [0.717, 1.165) is 29.7 Å². The number of carbonyl (C=O) groups is 3. The lowest BCUT2D eigenvalue weighted by molar-refractivity contribution is -0.570. The molecular weight excluding hydrogens is 562 g/mol. The lowest BCUT2D eigenvalue weighted by atomic mass is 9.64. The zero-order valence-electron chi connectivity index (χ0n) is 27.2. The molecule has 1 heterocycles. The van der Waals surface area contributed by atoms with Crippen molar-refractivity contribution < 1.29 is 24.8 Å². The summed E-state index contributed by atoms with van der Waals surface area (Å²) >= 11 is 0. The van der Waals surface area contributed by atoms with E-state index in [4.69, 9.17) is 0 Å². The van der Waals surface area contributed by atoms with Crippen LogP contribution in [-0.4, -0.2) is 54.3 Å². The van der Waals surface area contributed by atoms with Crippen LogP contribution in [0, 0.1) is 11.3 Å². The molecule has 2 aromatic carbocycles. The smallest absolute Gasteiger partial charge is 0.305 e. The maximum atomic E-state index is 12.3. The van der Waals surface area contributed by atoms with Crippen LogP contribution in [0.15, 0.2) is 96.8 Å².